The highest BCUT2D eigenvalue weighted by Crippen LogP contribution is 2.21. The number of hydrogen-bond acceptors (Lipinski definition) is 4. The van der Waals surface area contributed by atoms with Crippen LogP contribution in [0.4, 0.5) is 11.4 Å². The summed E-state index contributed by atoms with van der Waals surface area (Å²) in [6.07, 6.45) is 1.77. The third-order valence-corrected chi connectivity index (χ3v) is 2.99. The summed E-state index contributed by atoms with van der Waals surface area (Å²) in [7, 11) is 5.98. The molecule has 96 valence electrons. The van der Waals surface area contributed by atoms with Crippen LogP contribution in [0.2, 0.25) is 0 Å². The Bertz CT molecular complexity index is 530. The van der Waals surface area contributed by atoms with Crippen LogP contribution in [0.1, 0.15) is 11.3 Å². The van der Waals surface area contributed by atoms with E-state index in [0.717, 1.165) is 17.9 Å². The van der Waals surface area contributed by atoms with Crippen molar-refractivity contribution in [2.24, 2.45) is 7.05 Å². The van der Waals surface area contributed by atoms with Crippen LogP contribution >= 0.6 is 0 Å². The summed E-state index contributed by atoms with van der Waals surface area (Å²) in [5.74, 6) is 0. The van der Waals surface area contributed by atoms with Gasteiger partial charge in [0.2, 0.25) is 0 Å². The lowest BCUT2D eigenvalue weighted by Gasteiger charge is -2.16. The SMILES string of the molecule is Cc1cc(N(C)C)ccc1NCc1cnnn1C. The Morgan fingerprint density at radius 2 is 2.11 bits per heavy atom. The van der Waals surface area contributed by atoms with Gasteiger partial charge in [-0.15, -0.1) is 5.10 Å². The van der Waals surface area contributed by atoms with Gasteiger partial charge in [-0.1, -0.05) is 5.21 Å². The third-order valence-electron chi connectivity index (χ3n) is 2.99. The van der Waals surface area contributed by atoms with Gasteiger partial charge < -0.3 is 10.2 Å². The van der Waals surface area contributed by atoms with E-state index in [1.165, 1.54) is 11.3 Å². The van der Waals surface area contributed by atoms with E-state index in [1.807, 2.05) is 21.1 Å². The molecule has 0 fully saturated rings. The molecule has 0 amide bonds. The maximum Gasteiger partial charge on any atom is 0.0774 e. The topological polar surface area (TPSA) is 46.0 Å². The second-order valence-electron chi connectivity index (χ2n) is 4.60. The lowest BCUT2D eigenvalue weighted by Crippen LogP contribution is -2.10. The zero-order valence-electron chi connectivity index (χ0n) is 11.3. The van der Waals surface area contributed by atoms with E-state index in [-0.39, 0.29) is 0 Å². The largest absolute Gasteiger partial charge is 0.379 e. The van der Waals surface area contributed by atoms with Gasteiger partial charge >= 0.3 is 0 Å². The summed E-state index contributed by atoms with van der Waals surface area (Å²) >= 11 is 0. The average molecular weight is 245 g/mol. The number of aryl methyl sites for hydroxylation is 2. The van der Waals surface area contributed by atoms with Gasteiger partial charge in [-0.05, 0) is 30.7 Å². The van der Waals surface area contributed by atoms with Crippen LogP contribution in [0.25, 0.3) is 0 Å². The fourth-order valence-electron chi connectivity index (χ4n) is 1.78. The molecule has 0 saturated heterocycles. The Morgan fingerprint density at radius 3 is 2.67 bits per heavy atom. The number of nitrogens with one attached hydrogen (secondary N) is 1. The number of anilines is 2. The lowest BCUT2D eigenvalue weighted by atomic mass is 10.1. The van der Waals surface area contributed by atoms with Crippen LogP contribution in [0.5, 0.6) is 0 Å². The molecule has 0 unspecified atom stereocenters. The van der Waals surface area contributed by atoms with Crippen molar-refractivity contribution in [1.29, 1.82) is 0 Å². The zero-order valence-corrected chi connectivity index (χ0v) is 11.3. The molecule has 0 aliphatic rings. The molecule has 0 spiro atoms. The van der Waals surface area contributed by atoms with Gasteiger partial charge in [-0.3, -0.25) is 4.68 Å². The van der Waals surface area contributed by atoms with Gasteiger partial charge in [-0.25, -0.2) is 0 Å². The van der Waals surface area contributed by atoms with Gasteiger partial charge in [0.05, 0.1) is 18.4 Å². The number of hydrogen-bond donors (Lipinski definition) is 1. The molecule has 0 radical (unpaired) electrons. The summed E-state index contributed by atoms with van der Waals surface area (Å²) in [5, 5.41) is 11.2. The van der Waals surface area contributed by atoms with E-state index >= 15 is 0 Å². The number of rotatable bonds is 4. The van der Waals surface area contributed by atoms with Crippen LogP contribution < -0.4 is 10.2 Å². The third kappa shape index (κ3) is 2.61. The van der Waals surface area contributed by atoms with Crippen molar-refractivity contribution in [3.63, 3.8) is 0 Å². The van der Waals surface area contributed by atoms with Gasteiger partial charge in [0.25, 0.3) is 0 Å². The predicted molar refractivity (Wildman–Crippen MR) is 73.8 cm³/mol. The highest BCUT2D eigenvalue weighted by atomic mass is 15.4. The van der Waals surface area contributed by atoms with Crippen molar-refractivity contribution < 1.29 is 0 Å². The molecular weight excluding hydrogens is 226 g/mol. The van der Waals surface area contributed by atoms with E-state index < -0.39 is 0 Å². The molecule has 0 aliphatic carbocycles. The lowest BCUT2D eigenvalue weighted by molar-refractivity contribution is 0.683. The van der Waals surface area contributed by atoms with Crippen LogP contribution in [0.3, 0.4) is 0 Å². The second kappa shape index (κ2) is 5.08. The first-order chi connectivity index (χ1) is 8.58. The maximum atomic E-state index is 3.91. The Hall–Kier alpha value is -2.04. The van der Waals surface area contributed by atoms with E-state index in [0.29, 0.717) is 0 Å². The minimum atomic E-state index is 0.728. The molecule has 1 aromatic heterocycles. The molecule has 18 heavy (non-hydrogen) atoms. The highest BCUT2D eigenvalue weighted by Gasteiger charge is 2.03. The van der Waals surface area contributed by atoms with Crippen molar-refractivity contribution in [1.82, 2.24) is 15.0 Å². The van der Waals surface area contributed by atoms with Crippen LogP contribution in [0.15, 0.2) is 24.4 Å². The average Bonchev–Trinajstić information content (AvgIpc) is 2.73. The molecule has 5 heteroatoms. The van der Waals surface area contributed by atoms with Gasteiger partial charge in [0.1, 0.15) is 0 Å². The predicted octanol–water partition coefficient (Wildman–Crippen LogP) is 1.80. The number of nitrogens with zero attached hydrogens (tertiary/aromatic N) is 4. The Morgan fingerprint density at radius 1 is 1.33 bits per heavy atom. The number of aromatic nitrogens is 3. The van der Waals surface area contributed by atoms with E-state index in [1.54, 1.807) is 10.9 Å². The van der Waals surface area contributed by atoms with E-state index in [9.17, 15) is 0 Å². The molecule has 0 atom stereocenters. The van der Waals surface area contributed by atoms with Crippen molar-refractivity contribution in [2.45, 2.75) is 13.5 Å². The zero-order chi connectivity index (χ0) is 13.1. The fraction of sp³-hybridized carbons (Fsp3) is 0.385. The van der Waals surface area contributed by atoms with Crippen molar-refractivity contribution in [3.8, 4) is 0 Å². The van der Waals surface area contributed by atoms with Crippen LogP contribution in [0, 0.1) is 6.92 Å². The van der Waals surface area contributed by atoms with Crippen molar-refractivity contribution >= 4 is 11.4 Å². The Kier molecular flexibility index (Phi) is 3.50. The fourth-order valence-corrected chi connectivity index (χ4v) is 1.78. The molecule has 0 aliphatic heterocycles. The molecular formula is C13H19N5. The minimum Gasteiger partial charge on any atom is -0.379 e. The molecule has 2 rings (SSSR count). The highest BCUT2D eigenvalue weighted by molar-refractivity contribution is 5.59. The maximum absolute atomic E-state index is 3.91. The monoisotopic (exact) mass is 245 g/mol. The second-order valence-corrected chi connectivity index (χ2v) is 4.60. The standard InChI is InChI=1S/C13H19N5/c1-10-7-11(17(2)3)5-6-13(10)14-8-12-9-15-16-18(12)4/h5-7,9,14H,8H2,1-4H3. The van der Waals surface area contributed by atoms with E-state index in [2.05, 4.69) is 45.7 Å². The Labute approximate surface area is 107 Å². The first-order valence-electron chi connectivity index (χ1n) is 5.93. The summed E-state index contributed by atoms with van der Waals surface area (Å²) in [4.78, 5) is 2.10. The first kappa shape index (κ1) is 12.4. The van der Waals surface area contributed by atoms with E-state index in [4.69, 9.17) is 0 Å². The number of benzene rings is 1. The summed E-state index contributed by atoms with van der Waals surface area (Å²) < 4.78 is 1.77. The molecule has 2 aromatic rings. The van der Waals surface area contributed by atoms with Gasteiger partial charge in [0.15, 0.2) is 0 Å². The van der Waals surface area contributed by atoms with Gasteiger partial charge in [-0.2, -0.15) is 0 Å². The van der Waals surface area contributed by atoms with Crippen molar-refractivity contribution in [3.05, 3.63) is 35.7 Å². The first-order valence-corrected chi connectivity index (χ1v) is 5.93. The molecule has 0 bridgehead atoms. The molecule has 1 aromatic carbocycles. The molecule has 1 N–H and O–H groups in total. The Balaban J connectivity index is 2.08. The smallest absolute Gasteiger partial charge is 0.0774 e. The van der Waals surface area contributed by atoms with Gasteiger partial charge in [0, 0.05) is 32.5 Å². The van der Waals surface area contributed by atoms with Crippen LogP contribution in [-0.4, -0.2) is 29.1 Å². The molecule has 1 heterocycles. The summed E-state index contributed by atoms with van der Waals surface area (Å²) in [6, 6.07) is 6.38. The summed E-state index contributed by atoms with van der Waals surface area (Å²) in [5.41, 5.74) is 4.64. The molecule has 5 nitrogen and oxygen atoms in total. The summed E-state index contributed by atoms with van der Waals surface area (Å²) in [6.45, 7) is 2.84. The normalized spacial score (nSPS) is 10.4. The minimum absolute atomic E-state index is 0.728. The van der Waals surface area contributed by atoms with Crippen molar-refractivity contribution in [2.75, 3.05) is 24.3 Å². The molecule has 0 saturated carbocycles. The van der Waals surface area contributed by atoms with Crippen LogP contribution in [-0.2, 0) is 13.6 Å². The quantitative estimate of drug-likeness (QED) is 0.892.